The summed E-state index contributed by atoms with van der Waals surface area (Å²) in [6.45, 7) is 0.918. The van der Waals surface area contributed by atoms with E-state index >= 15 is 0 Å². The molecule has 174 valence electrons. The molecule has 2 heterocycles. The molecule has 0 spiro atoms. The quantitative estimate of drug-likeness (QED) is 0.441. The Morgan fingerprint density at radius 3 is 2.56 bits per heavy atom. The second-order valence-corrected chi connectivity index (χ2v) is 8.42. The average Bonchev–Trinajstić information content (AvgIpc) is 3.35. The Hall–Kier alpha value is -5.14. The van der Waals surface area contributed by atoms with Crippen LogP contribution in [0.1, 0.15) is 43.1 Å². The van der Waals surface area contributed by atoms with Crippen molar-refractivity contribution in [3.05, 3.63) is 113 Å². The van der Waals surface area contributed by atoms with E-state index in [1.165, 1.54) is 6.20 Å². The highest BCUT2D eigenvalue weighted by atomic mass is 16.2. The Bertz CT molecular complexity index is 1550. The number of amides is 2. The summed E-state index contributed by atoms with van der Waals surface area (Å²) in [5.41, 5.74) is 5.15. The molecule has 0 fully saturated rings. The third-order valence-electron chi connectivity index (χ3n) is 6.07. The summed E-state index contributed by atoms with van der Waals surface area (Å²) >= 11 is 0. The Labute approximate surface area is 208 Å². The number of carbonyl (C=O) groups is 2. The lowest BCUT2D eigenvalue weighted by Crippen LogP contribution is -2.41. The van der Waals surface area contributed by atoms with Crippen LogP contribution in [0.5, 0.6) is 0 Å². The Kier molecular flexibility index (Phi) is 6.05. The normalized spacial score (nSPS) is 12.4. The standard InChI is InChI=1S/C29H21N5O2/c1-2-20-5-3-6-22(15-20)16-21-9-11-25(12-10-21)33-13-14-34-27(29(33)36)26(19-31-34)28(35)32-24-8-4-7-23(17-24)18-30/h1,3-12,15,17,19H,13-14,16H2,(H,32,35). The third-order valence-corrected chi connectivity index (χ3v) is 6.07. The predicted molar refractivity (Wildman–Crippen MR) is 137 cm³/mol. The molecule has 4 aromatic rings. The second kappa shape index (κ2) is 9.61. The van der Waals surface area contributed by atoms with Crippen molar-refractivity contribution in [1.82, 2.24) is 9.78 Å². The van der Waals surface area contributed by atoms with Crippen molar-refractivity contribution in [3.63, 3.8) is 0 Å². The van der Waals surface area contributed by atoms with Gasteiger partial charge in [-0.15, -0.1) is 6.42 Å². The average molecular weight is 472 g/mol. The number of carbonyl (C=O) groups excluding carboxylic acids is 2. The van der Waals surface area contributed by atoms with Crippen LogP contribution < -0.4 is 10.2 Å². The number of nitriles is 1. The molecule has 0 saturated heterocycles. The first kappa shape index (κ1) is 22.6. The number of benzene rings is 3. The lowest BCUT2D eigenvalue weighted by Gasteiger charge is -2.28. The van der Waals surface area contributed by atoms with E-state index in [9.17, 15) is 9.59 Å². The summed E-state index contributed by atoms with van der Waals surface area (Å²) in [5, 5.41) is 16.1. The number of anilines is 2. The molecule has 0 unspecified atom stereocenters. The summed E-state index contributed by atoms with van der Waals surface area (Å²) in [6.07, 6.45) is 7.64. The highest BCUT2D eigenvalue weighted by Crippen LogP contribution is 2.25. The molecule has 1 N–H and O–H groups in total. The maximum Gasteiger partial charge on any atom is 0.277 e. The molecule has 0 radical (unpaired) electrons. The Morgan fingerprint density at radius 2 is 1.78 bits per heavy atom. The largest absolute Gasteiger partial charge is 0.322 e. The van der Waals surface area contributed by atoms with E-state index in [0.717, 1.165) is 28.8 Å². The van der Waals surface area contributed by atoms with Crippen LogP contribution in [0.15, 0.2) is 79.0 Å². The van der Waals surface area contributed by atoms with Crippen molar-refractivity contribution in [3.8, 4) is 18.4 Å². The Morgan fingerprint density at radius 1 is 1.00 bits per heavy atom. The zero-order valence-corrected chi connectivity index (χ0v) is 19.3. The topological polar surface area (TPSA) is 91.0 Å². The maximum atomic E-state index is 13.4. The van der Waals surface area contributed by atoms with Crippen LogP contribution in [0.3, 0.4) is 0 Å². The molecule has 7 heteroatoms. The lowest BCUT2D eigenvalue weighted by atomic mass is 10.0. The van der Waals surface area contributed by atoms with E-state index in [4.69, 9.17) is 11.7 Å². The third kappa shape index (κ3) is 4.46. The van der Waals surface area contributed by atoms with Gasteiger partial charge < -0.3 is 10.2 Å². The second-order valence-electron chi connectivity index (χ2n) is 8.42. The van der Waals surface area contributed by atoms with Gasteiger partial charge in [-0.3, -0.25) is 14.3 Å². The van der Waals surface area contributed by atoms with E-state index < -0.39 is 5.91 Å². The SMILES string of the molecule is C#Cc1cccc(Cc2ccc(N3CCn4ncc(C(=O)Nc5cccc(C#N)c5)c4C3=O)cc2)c1. The molecule has 1 aromatic heterocycles. The molecule has 5 rings (SSSR count). The minimum Gasteiger partial charge on any atom is -0.322 e. The number of hydrogen-bond acceptors (Lipinski definition) is 4. The minimum atomic E-state index is -0.453. The van der Waals surface area contributed by atoms with Gasteiger partial charge in [0.25, 0.3) is 11.8 Å². The highest BCUT2D eigenvalue weighted by molar-refractivity contribution is 6.15. The summed E-state index contributed by atoms with van der Waals surface area (Å²) in [5.74, 6) is 1.91. The van der Waals surface area contributed by atoms with Gasteiger partial charge in [0.1, 0.15) is 5.69 Å². The maximum absolute atomic E-state index is 13.4. The van der Waals surface area contributed by atoms with Crippen molar-refractivity contribution < 1.29 is 9.59 Å². The van der Waals surface area contributed by atoms with Crippen LogP contribution in [0.2, 0.25) is 0 Å². The van der Waals surface area contributed by atoms with Gasteiger partial charge in [-0.2, -0.15) is 10.4 Å². The van der Waals surface area contributed by atoms with Crippen LogP contribution in [-0.2, 0) is 13.0 Å². The van der Waals surface area contributed by atoms with E-state index in [0.29, 0.717) is 24.3 Å². The van der Waals surface area contributed by atoms with Gasteiger partial charge in [0.15, 0.2) is 0 Å². The molecule has 36 heavy (non-hydrogen) atoms. The molecule has 3 aromatic carbocycles. The minimum absolute atomic E-state index is 0.192. The molecule has 0 saturated carbocycles. The first-order valence-electron chi connectivity index (χ1n) is 11.4. The number of nitrogens with zero attached hydrogens (tertiary/aromatic N) is 4. The fraction of sp³-hybridized carbons (Fsp3) is 0.103. The van der Waals surface area contributed by atoms with E-state index in [2.05, 4.69) is 16.3 Å². The summed E-state index contributed by atoms with van der Waals surface area (Å²) in [4.78, 5) is 28.1. The summed E-state index contributed by atoms with van der Waals surface area (Å²) < 4.78 is 1.56. The fourth-order valence-corrected chi connectivity index (χ4v) is 4.28. The smallest absolute Gasteiger partial charge is 0.277 e. The number of fused-ring (bicyclic) bond motifs is 1. The van der Waals surface area contributed by atoms with Gasteiger partial charge in [-0.05, 0) is 60.0 Å². The molecular weight excluding hydrogens is 450 g/mol. The van der Waals surface area contributed by atoms with E-state index in [1.54, 1.807) is 33.8 Å². The summed E-state index contributed by atoms with van der Waals surface area (Å²) in [7, 11) is 0. The van der Waals surface area contributed by atoms with Gasteiger partial charge in [-0.1, -0.05) is 36.3 Å². The number of aromatic nitrogens is 2. The highest BCUT2D eigenvalue weighted by Gasteiger charge is 2.32. The summed E-state index contributed by atoms with van der Waals surface area (Å²) in [6, 6.07) is 24.3. The van der Waals surface area contributed by atoms with Crippen molar-refractivity contribution in [2.75, 3.05) is 16.8 Å². The molecular formula is C29H21N5O2. The van der Waals surface area contributed by atoms with Crippen molar-refractivity contribution >= 4 is 23.2 Å². The number of nitrogens with one attached hydrogen (secondary N) is 1. The van der Waals surface area contributed by atoms with Gasteiger partial charge in [0.2, 0.25) is 0 Å². The van der Waals surface area contributed by atoms with Crippen molar-refractivity contribution in [1.29, 1.82) is 5.26 Å². The van der Waals surface area contributed by atoms with Gasteiger partial charge >= 0.3 is 0 Å². The molecule has 2 amide bonds. The molecule has 1 aliphatic heterocycles. The molecule has 0 bridgehead atoms. The van der Waals surface area contributed by atoms with Crippen molar-refractivity contribution in [2.24, 2.45) is 0 Å². The van der Waals surface area contributed by atoms with Gasteiger partial charge in [-0.25, -0.2) is 0 Å². The Balaban J connectivity index is 1.34. The zero-order valence-electron chi connectivity index (χ0n) is 19.3. The monoisotopic (exact) mass is 471 g/mol. The fourth-order valence-electron chi connectivity index (χ4n) is 4.28. The van der Waals surface area contributed by atoms with Crippen LogP contribution in [0, 0.1) is 23.7 Å². The molecule has 7 nitrogen and oxygen atoms in total. The zero-order chi connectivity index (χ0) is 25.1. The van der Waals surface area contributed by atoms with Crippen LogP contribution in [0.25, 0.3) is 0 Å². The van der Waals surface area contributed by atoms with E-state index in [1.807, 2.05) is 54.6 Å². The lowest BCUT2D eigenvalue weighted by molar-refractivity contribution is 0.0947. The van der Waals surface area contributed by atoms with Gasteiger partial charge in [0, 0.05) is 23.5 Å². The van der Waals surface area contributed by atoms with Crippen molar-refractivity contribution in [2.45, 2.75) is 13.0 Å². The molecule has 0 atom stereocenters. The van der Waals surface area contributed by atoms with E-state index in [-0.39, 0.29) is 17.2 Å². The van der Waals surface area contributed by atoms with Crippen LogP contribution >= 0.6 is 0 Å². The number of terminal acetylenes is 1. The number of rotatable bonds is 5. The predicted octanol–water partition coefficient (Wildman–Crippen LogP) is 4.24. The van der Waals surface area contributed by atoms with Gasteiger partial charge in [0.05, 0.1) is 29.9 Å². The first-order chi connectivity index (χ1) is 17.6. The molecule has 1 aliphatic rings. The van der Waals surface area contributed by atoms with Crippen LogP contribution in [-0.4, -0.2) is 28.1 Å². The first-order valence-corrected chi connectivity index (χ1v) is 11.4. The molecule has 0 aliphatic carbocycles. The van der Waals surface area contributed by atoms with Crippen LogP contribution in [0.4, 0.5) is 11.4 Å². The number of hydrogen-bond donors (Lipinski definition) is 1.